The minimum Gasteiger partial charge on any atom is -0.320 e. The number of likely N-dealkylation sites (N-methyl/N-ethyl adjacent to an activating group) is 1. The van der Waals surface area contributed by atoms with Gasteiger partial charge in [-0.2, -0.15) is 0 Å². The Morgan fingerprint density at radius 1 is 1.15 bits per heavy atom. The van der Waals surface area contributed by atoms with Crippen LogP contribution in [0.3, 0.4) is 0 Å². The quantitative estimate of drug-likeness (QED) is 0.515. The Kier molecular flexibility index (Phi) is 4.55. The van der Waals surface area contributed by atoms with Gasteiger partial charge in [0.2, 0.25) is 0 Å². The minimum atomic E-state index is -0.398. The van der Waals surface area contributed by atoms with Crippen LogP contribution in [0, 0.1) is 5.82 Å². The molecule has 0 fully saturated rings. The van der Waals surface area contributed by atoms with Gasteiger partial charge < -0.3 is 9.47 Å². The number of benzene rings is 2. The Labute approximate surface area is 162 Å². The van der Waals surface area contributed by atoms with Crippen LogP contribution < -0.4 is 0 Å². The van der Waals surface area contributed by atoms with Gasteiger partial charge in [0.05, 0.1) is 10.5 Å². The molecule has 2 heterocycles. The van der Waals surface area contributed by atoms with E-state index in [2.05, 4.69) is 28.8 Å². The topological polar surface area (TPSA) is 8.17 Å². The maximum Gasteiger partial charge on any atom is 0.141 e. The second-order valence-electron chi connectivity index (χ2n) is 6.89. The molecule has 0 amide bonds. The SMILES string of the molecule is C/C(=C\n1c2c(c3cc(Cl)ccc31)CN(C)CC2)c1ccc(F)c(Cl)c1. The molecule has 0 saturated heterocycles. The molecule has 2 aromatic carbocycles. The molecule has 1 aliphatic heterocycles. The summed E-state index contributed by atoms with van der Waals surface area (Å²) >= 11 is 12.2. The van der Waals surface area contributed by atoms with Crippen molar-refractivity contribution in [1.29, 1.82) is 0 Å². The fraction of sp³-hybridized carbons (Fsp3) is 0.238. The molecule has 0 radical (unpaired) electrons. The normalized spacial score (nSPS) is 15.5. The molecule has 26 heavy (non-hydrogen) atoms. The summed E-state index contributed by atoms with van der Waals surface area (Å²) in [5.74, 6) is -0.398. The molecule has 134 valence electrons. The summed E-state index contributed by atoms with van der Waals surface area (Å²) in [6.45, 7) is 3.95. The molecule has 1 aromatic heterocycles. The lowest BCUT2D eigenvalue weighted by molar-refractivity contribution is 0.312. The second kappa shape index (κ2) is 6.73. The van der Waals surface area contributed by atoms with Crippen molar-refractivity contribution in [3.8, 4) is 0 Å². The first kappa shape index (κ1) is 17.6. The van der Waals surface area contributed by atoms with Gasteiger partial charge in [0.15, 0.2) is 0 Å². The van der Waals surface area contributed by atoms with Crippen LogP contribution in [0.4, 0.5) is 4.39 Å². The molecule has 4 rings (SSSR count). The molecule has 2 nitrogen and oxygen atoms in total. The van der Waals surface area contributed by atoms with Gasteiger partial charge in [-0.05, 0) is 61.0 Å². The van der Waals surface area contributed by atoms with E-state index in [-0.39, 0.29) is 5.02 Å². The zero-order chi connectivity index (χ0) is 18.4. The summed E-state index contributed by atoms with van der Waals surface area (Å²) in [4.78, 5) is 2.32. The van der Waals surface area contributed by atoms with Crippen molar-refractivity contribution < 1.29 is 4.39 Å². The predicted octanol–water partition coefficient (Wildman–Crippen LogP) is 6.09. The molecule has 0 unspecified atom stereocenters. The number of rotatable bonds is 2. The van der Waals surface area contributed by atoms with E-state index < -0.39 is 5.82 Å². The minimum absolute atomic E-state index is 0.142. The molecule has 1 aliphatic rings. The molecule has 5 heteroatoms. The Hall–Kier alpha value is -1.81. The Bertz CT molecular complexity index is 1040. The van der Waals surface area contributed by atoms with Crippen LogP contribution in [0.5, 0.6) is 0 Å². The van der Waals surface area contributed by atoms with Gasteiger partial charge in [-0.25, -0.2) is 4.39 Å². The van der Waals surface area contributed by atoms with E-state index in [4.69, 9.17) is 23.2 Å². The fourth-order valence-corrected chi connectivity index (χ4v) is 4.01. The highest BCUT2D eigenvalue weighted by molar-refractivity contribution is 6.31. The number of hydrogen-bond acceptors (Lipinski definition) is 1. The van der Waals surface area contributed by atoms with Gasteiger partial charge in [0.25, 0.3) is 0 Å². The molecule has 0 atom stereocenters. The number of hydrogen-bond donors (Lipinski definition) is 0. The van der Waals surface area contributed by atoms with E-state index in [1.807, 2.05) is 19.1 Å². The third-order valence-electron chi connectivity index (χ3n) is 5.04. The van der Waals surface area contributed by atoms with Crippen molar-refractivity contribution >= 4 is 45.9 Å². The van der Waals surface area contributed by atoms with Crippen molar-refractivity contribution in [3.05, 3.63) is 69.1 Å². The third-order valence-corrected chi connectivity index (χ3v) is 5.56. The monoisotopic (exact) mass is 388 g/mol. The first-order chi connectivity index (χ1) is 12.4. The molecule has 0 N–H and O–H groups in total. The maximum absolute atomic E-state index is 13.5. The van der Waals surface area contributed by atoms with Crippen LogP contribution in [-0.2, 0) is 13.0 Å². The third kappa shape index (κ3) is 3.05. The molecule has 0 bridgehead atoms. The van der Waals surface area contributed by atoms with Gasteiger partial charge in [-0.15, -0.1) is 0 Å². The van der Waals surface area contributed by atoms with Gasteiger partial charge in [0.1, 0.15) is 5.82 Å². The number of halogens is 3. The summed E-state index contributed by atoms with van der Waals surface area (Å²) in [6, 6.07) is 10.9. The summed E-state index contributed by atoms with van der Waals surface area (Å²) in [6.07, 6.45) is 3.09. The molecular formula is C21H19Cl2FN2. The molecule has 3 aromatic rings. The number of aromatic nitrogens is 1. The summed E-state index contributed by atoms with van der Waals surface area (Å²) in [7, 11) is 2.14. The summed E-state index contributed by atoms with van der Waals surface area (Å²) < 4.78 is 15.7. The van der Waals surface area contributed by atoms with Crippen LogP contribution >= 0.6 is 23.2 Å². The van der Waals surface area contributed by atoms with Gasteiger partial charge in [0, 0.05) is 41.8 Å². The van der Waals surface area contributed by atoms with Crippen molar-refractivity contribution in [2.75, 3.05) is 13.6 Å². The highest BCUT2D eigenvalue weighted by Gasteiger charge is 2.22. The Morgan fingerprint density at radius 2 is 1.96 bits per heavy atom. The van der Waals surface area contributed by atoms with E-state index in [1.165, 1.54) is 22.7 Å². The van der Waals surface area contributed by atoms with Gasteiger partial charge in [-0.3, -0.25) is 0 Å². The maximum atomic E-state index is 13.5. The van der Waals surface area contributed by atoms with Crippen molar-refractivity contribution in [1.82, 2.24) is 9.47 Å². The van der Waals surface area contributed by atoms with Crippen LogP contribution in [0.25, 0.3) is 22.7 Å². The smallest absolute Gasteiger partial charge is 0.141 e. The fourth-order valence-electron chi connectivity index (χ4n) is 3.66. The highest BCUT2D eigenvalue weighted by Crippen LogP contribution is 2.34. The Balaban J connectivity index is 1.89. The first-order valence-corrected chi connectivity index (χ1v) is 9.33. The van der Waals surface area contributed by atoms with Gasteiger partial charge in [-0.1, -0.05) is 29.3 Å². The molecular weight excluding hydrogens is 370 g/mol. The highest BCUT2D eigenvalue weighted by atomic mass is 35.5. The van der Waals surface area contributed by atoms with E-state index >= 15 is 0 Å². The van der Waals surface area contributed by atoms with Gasteiger partial charge >= 0.3 is 0 Å². The van der Waals surface area contributed by atoms with Crippen LogP contribution in [-0.4, -0.2) is 23.1 Å². The second-order valence-corrected chi connectivity index (χ2v) is 7.73. The van der Waals surface area contributed by atoms with Crippen LogP contribution in [0.2, 0.25) is 10.0 Å². The lowest BCUT2D eigenvalue weighted by atomic mass is 10.1. The summed E-state index contributed by atoms with van der Waals surface area (Å²) in [5, 5.41) is 2.08. The number of nitrogens with zero attached hydrogens (tertiary/aromatic N) is 2. The van der Waals surface area contributed by atoms with Crippen molar-refractivity contribution in [2.24, 2.45) is 0 Å². The standard InChI is InChI=1S/C21H19Cl2FN2/c1-13(14-3-5-19(24)18(23)9-14)11-26-20-6-4-15(22)10-16(20)17-12-25(2)8-7-21(17)26/h3-6,9-11H,7-8,12H2,1-2H3/b13-11+. The molecule has 0 spiro atoms. The zero-order valence-electron chi connectivity index (χ0n) is 14.7. The molecule has 0 aliphatic carbocycles. The first-order valence-electron chi connectivity index (χ1n) is 8.57. The lowest BCUT2D eigenvalue weighted by Gasteiger charge is -2.23. The van der Waals surface area contributed by atoms with E-state index in [1.54, 1.807) is 12.1 Å². The summed E-state index contributed by atoms with van der Waals surface area (Å²) in [5.41, 5.74) is 5.72. The van der Waals surface area contributed by atoms with Crippen molar-refractivity contribution in [2.45, 2.75) is 19.9 Å². The lowest BCUT2D eigenvalue weighted by Crippen LogP contribution is -2.26. The largest absolute Gasteiger partial charge is 0.320 e. The average molecular weight is 389 g/mol. The van der Waals surface area contributed by atoms with E-state index in [9.17, 15) is 4.39 Å². The number of fused-ring (bicyclic) bond motifs is 3. The Morgan fingerprint density at radius 3 is 2.73 bits per heavy atom. The van der Waals surface area contributed by atoms with Crippen LogP contribution in [0.1, 0.15) is 23.7 Å². The van der Waals surface area contributed by atoms with E-state index in [0.29, 0.717) is 0 Å². The van der Waals surface area contributed by atoms with Crippen molar-refractivity contribution in [3.63, 3.8) is 0 Å². The average Bonchev–Trinajstić information content (AvgIpc) is 2.90. The van der Waals surface area contributed by atoms with Crippen LogP contribution in [0.15, 0.2) is 36.4 Å². The van der Waals surface area contributed by atoms with E-state index in [0.717, 1.165) is 41.2 Å². The number of allylic oxidation sites excluding steroid dienone is 1. The predicted molar refractivity (Wildman–Crippen MR) is 108 cm³/mol. The molecule has 0 saturated carbocycles. The zero-order valence-corrected chi connectivity index (χ0v) is 16.2.